The van der Waals surface area contributed by atoms with Gasteiger partial charge in [0.25, 0.3) is 0 Å². The van der Waals surface area contributed by atoms with Gasteiger partial charge in [-0.25, -0.2) is 0 Å². The van der Waals surface area contributed by atoms with E-state index >= 15 is 0 Å². The van der Waals surface area contributed by atoms with Crippen LogP contribution in [0, 0.1) is 5.41 Å². The molecule has 122 valence electrons. The van der Waals surface area contributed by atoms with Gasteiger partial charge in [0.2, 0.25) is 0 Å². The zero-order valence-electron chi connectivity index (χ0n) is 12.1. The molecule has 21 heavy (non-hydrogen) atoms. The Bertz CT molecular complexity index is 429. The highest BCUT2D eigenvalue weighted by Crippen LogP contribution is 2.28. The zero-order valence-corrected chi connectivity index (χ0v) is 13.0. The first-order valence-corrected chi connectivity index (χ1v) is 6.28. The van der Waals surface area contributed by atoms with Gasteiger partial charge in [0, 0.05) is 6.04 Å². The summed E-state index contributed by atoms with van der Waals surface area (Å²) in [5, 5.41) is 10.0. The molecular weight excluding hydrogens is 307 g/mol. The van der Waals surface area contributed by atoms with E-state index in [0.29, 0.717) is 12.0 Å². The molecule has 0 unspecified atom stereocenters. The second-order valence-electron chi connectivity index (χ2n) is 5.84. The summed E-state index contributed by atoms with van der Waals surface area (Å²) in [5.41, 5.74) is 6.33. The van der Waals surface area contributed by atoms with Crippen LogP contribution in [0.3, 0.4) is 0 Å². The molecule has 0 saturated heterocycles. The summed E-state index contributed by atoms with van der Waals surface area (Å²) in [4.78, 5) is 0. The lowest BCUT2D eigenvalue weighted by atomic mass is 9.83. The van der Waals surface area contributed by atoms with E-state index in [1.807, 2.05) is 20.8 Å². The van der Waals surface area contributed by atoms with Crippen LogP contribution in [0.15, 0.2) is 24.3 Å². The standard InChI is InChI=1S/C14H20F3NO2.ClH/c1-13(2,3)12(18)8-11(19)9-4-6-10(7-5-9)20-14(15,16)17;/h4-7,11-12,19H,8,18H2,1-3H3;1H/t11-,12+;/m1./s1. The number of hydrogen-bond donors (Lipinski definition) is 2. The van der Waals surface area contributed by atoms with Gasteiger partial charge in [0.15, 0.2) is 0 Å². The van der Waals surface area contributed by atoms with Crippen LogP contribution in [0.5, 0.6) is 5.75 Å². The number of rotatable bonds is 4. The quantitative estimate of drug-likeness (QED) is 0.884. The first-order valence-electron chi connectivity index (χ1n) is 6.28. The van der Waals surface area contributed by atoms with Gasteiger partial charge >= 0.3 is 6.36 Å². The number of aliphatic hydroxyl groups excluding tert-OH is 1. The topological polar surface area (TPSA) is 55.5 Å². The number of hydrogen-bond acceptors (Lipinski definition) is 3. The highest BCUT2D eigenvalue weighted by molar-refractivity contribution is 5.85. The molecule has 3 N–H and O–H groups in total. The number of ether oxygens (including phenoxy) is 1. The minimum atomic E-state index is -4.71. The number of alkyl halides is 3. The second-order valence-corrected chi connectivity index (χ2v) is 5.84. The molecule has 2 atom stereocenters. The van der Waals surface area contributed by atoms with Gasteiger partial charge in [-0.1, -0.05) is 32.9 Å². The van der Waals surface area contributed by atoms with Crippen LogP contribution < -0.4 is 10.5 Å². The Balaban J connectivity index is 0.00000400. The molecule has 1 rings (SSSR count). The molecule has 0 saturated carbocycles. The fourth-order valence-electron chi connectivity index (χ4n) is 1.62. The molecule has 0 spiro atoms. The molecule has 0 amide bonds. The van der Waals surface area contributed by atoms with Gasteiger partial charge in [0.05, 0.1) is 6.10 Å². The molecule has 0 heterocycles. The lowest BCUT2D eigenvalue weighted by molar-refractivity contribution is -0.274. The summed E-state index contributed by atoms with van der Waals surface area (Å²) >= 11 is 0. The molecule has 3 nitrogen and oxygen atoms in total. The van der Waals surface area contributed by atoms with Crippen molar-refractivity contribution in [1.82, 2.24) is 0 Å². The third-order valence-electron chi connectivity index (χ3n) is 3.09. The SMILES string of the molecule is CC(C)(C)[C@@H](N)C[C@@H](O)c1ccc(OC(F)(F)F)cc1.Cl. The van der Waals surface area contributed by atoms with Gasteiger partial charge in [-0.05, 0) is 29.5 Å². The predicted octanol–water partition coefficient (Wildman–Crippen LogP) is 3.80. The normalized spacial score (nSPS) is 15.0. The molecule has 0 radical (unpaired) electrons. The van der Waals surface area contributed by atoms with Crippen molar-refractivity contribution in [1.29, 1.82) is 0 Å². The molecule has 0 fully saturated rings. The van der Waals surface area contributed by atoms with Crippen molar-refractivity contribution in [3.63, 3.8) is 0 Å². The average molecular weight is 328 g/mol. The summed E-state index contributed by atoms with van der Waals surface area (Å²) in [5.74, 6) is -0.312. The van der Waals surface area contributed by atoms with Crippen LogP contribution in [0.2, 0.25) is 0 Å². The van der Waals surface area contributed by atoms with Crippen LogP contribution in [-0.4, -0.2) is 17.5 Å². The van der Waals surface area contributed by atoms with Crippen molar-refractivity contribution >= 4 is 12.4 Å². The first kappa shape index (κ1) is 20.0. The first-order chi connectivity index (χ1) is 8.99. The Kier molecular flexibility index (Phi) is 6.99. The minimum Gasteiger partial charge on any atom is -0.406 e. The summed E-state index contributed by atoms with van der Waals surface area (Å²) in [6.45, 7) is 5.89. The van der Waals surface area contributed by atoms with E-state index in [9.17, 15) is 18.3 Å². The van der Waals surface area contributed by atoms with Gasteiger partial charge in [0.1, 0.15) is 5.75 Å². The summed E-state index contributed by atoms with van der Waals surface area (Å²) in [7, 11) is 0. The maximum absolute atomic E-state index is 12.0. The van der Waals surface area contributed by atoms with Crippen LogP contribution in [0.4, 0.5) is 13.2 Å². The molecule has 0 aromatic heterocycles. The molecule has 0 aliphatic heterocycles. The monoisotopic (exact) mass is 327 g/mol. The van der Waals surface area contributed by atoms with Crippen LogP contribution in [0.1, 0.15) is 38.9 Å². The molecular formula is C14H21ClF3NO2. The summed E-state index contributed by atoms with van der Waals surface area (Å²) in [6, 6.07) is 4.94. The number of nitrogens with two attached hydrogens (primary N) is 1. The van der Waals surface area contributed by atoms with Crippen molar-refractivity contribution in [3.05, 3.63) is 29.8 Å². The lowest BCUT2D eigenvalue weighted by Crippen LogP contribution is -2.36. The van der Waals surface area contributed by atoms with E-state index in [4.69, 9.17) is 5.73 Å². The largest absolute Gasteiger partial charge is 0.573 e. The average Bonchev–Trinajstić information content (AvgIpc) is 2.26. The number of halogens is 4. The second kappa shape index (κ2) is 7.33. The highest BCUT2D eigenvalue weighted by Gasteiger charge is 2.31. The number of aliphatic hydroxyl groups is 1. The maximum atomic E-state index is 12.0. The van der Waals surface area contributed by atoms with E-state index in [2.05, 4.69) is 4.74 Å². The minimum absolute atomic E-state index is 0. The highest BCUT2D eigenvalue weighted by atomic mass is 35.5. The van der Waals surface area contributed by atoms with Crippen LogP contribution in [0.25, 0.3) is 0 Å². The molecule has 0 aliphatic rings. The van der Waals surface area contributed by atoms with Gasteiger partial charge in [-0.2, -0.15) is 0 Å². The van der Waals surface area contributed by atoms with E-state index in [1.54, 1.807) is 0 Å². The number of benzene rings is 1. The van der Waals surface area contributed by atoms with Crippen LogP contribution in [-0.2, 0) is 0 Å². The lowest BCUT2D eigenvalue weighted by Gasteiger charge is -2.29. The van der Waals surface area contributed by atoms with E-state index < -0.39 is 12.5 Å². The fraction of sp³-hybridized carbons (Fsp3) is 0.571. The van der Waals surface area contributed by atoms with Crippen molar-refractivity contribution in [2.24, 2.45) is 11.1 Å². The van der Waals surface area contributed by atoms with E-state index in [-0.39, 0.29) is 29.6 Å². The maximum Gasteiger partial charge on any atom is 0.573 e. The third kappa shape index (κ3) is 7.02. The Morgan fingerprint density at radius 3 is 2.00 bits per heavy atom. The smallest absolute Gasteiger partial charge is 0.406 e. The Hall–Kier alpha value is -0.980. The van der Waals surface area contributed by atoms with Crippen molar-refractivity contribution < 1.29 is 23.0 Å². The molecule has 0 bridgehead atoms. The zero-order chi connectivity index (χ0) is 15.6. The van der Waals surface area contributed by atoms with Gasteiger partial charge < -0.3 is 15.6 Å². The Labute approximate surface area is 128 Å². The molecule has 0 aliphatic carbocycles. The summed E-state index contributed by atoms with van der Waals surface area (Å²) in [6.07, 6.45) is -5.19. The molecule has 1 aromatic rings. The summed E-state index contributed by atoms with van der Waals surface area (Å²) < 4.78 is 39.8. The Morgan fingerprint density at radius 1 is 1.14 bits per heavy atom. The van der Waals surface area contributed by atoms with Gasteiger partial charge in [-0.3, -0.25) is 0 Å². The van der Waals surface area contributed by atoms with Crippen molar-refractivity contribution in [3.8, 4) is 5.75 Å². The van der Waals surface area contributed by atoms with Gasteiger partial charge in [-0.15, -0.1) is 25.6 Å². The predicted molar refractivity (Wildman–Crippen MR) is 77.4 cm³/mol. The van der Waals surface area contributed by atoms with Crippen molar-refractivity contribution in [2.75, 3.05) is 0 Å². The molecule has 1 aromatic carbocycles. The van der Waals surface area contributed by atoms with E-state index in [1.165, 1.54) is 24.3 Å². The third-order valence-corrected chi connectivity index (χ3v) is 3.09. The fourth-order valence-corrected chi connectivity index (χ4v) is 1.62. The van der Waals surface area contributed by atoms with Crippen molar-refractivity contribution in [2.45, 2.75) is 45.7 Å². The molecule has 7 heteroatoms. The van der Waals surface area contributed by atoms with E-state index in [0.717, 1.165) is 0 Å². The Morgan fingerprint density at radius 2 is 1.62 bits per heavy atom. The van der Waals surface area contributed by atoms with Crippen LogP contribution >= 0.6 is 12.4 Å².